The topological polar surface area (TPSA) is 185 Å². The minimum atomic E-state index is -5.09. The molecule has 3 N–H and O–H groups in total. The van der Waals surface area contributed by atoms with Crippen LogP contribution in [-0.2, 0) is 24.4 Å². The Hall–Kier alpha value is -4.61. The summed E-state index contributed by atoms with van der Waals surface area (Å²) in [5, 5.41) is 14.5. The van der Waals surface area contributed by atoms with E-state index in [9.17, 15) is 45.9 Å². The zero-order valence-electron chi connectivity index (χ0n) is 33.5. The molecule has 1 aromatic carbocycles. The van der Waals surface area contributed by atoms with Crippen molar-refractivity contribution in [3.05, 3.63) is 42.6 Å². The molecule has 2 aliphatic heterocycles. The predicted molar refractivity (Wildman–Crippen MR) is 206 cm³/mol. The molecule has 4 aliphatic rings. The molecule has 2 saturated carbocycles. The average molecular weight is 836 g/mol. The minimum Gasteiger partial charge on any atom is -0.494 e. The fourth-order valence-corrected chi connectivity index (χ4v) is 9.53. The molecule has 14 nitrogen and oxygen atoms in total. The molecule has 1 saturated heterocycles. The average Bonchev–Trinajstić information content (AvgIpc) is 4.01. The number of allylic oxidation sites excluding steroid dienone is 1. The highest BCUT2D eigenvalue weighted by atomic mass is 32.2. The van der Waals surface area contributed by atoms with Crippen molar-refractivity contribution in [2.24, 2.45) is 17.8 Å². The number of rotatable bonds is 9. The number of hydrogen-bond donors (Lipinski definition) is 3. The number of benzene rings is 1. The van der Waals surface area contributed by atoms with Crippen LogP contribution in [0.5, 0.6) is 11.6 Å². The van der Waals surface area contributed by atoms with Gasteiger partial charge < -0.3 is 24.8 Å². The van der Waals surface area contributed by atoms with Gasteiger partial charge in [0.1, 0.15) is 35.0 Å². The molecule has 18 heteroatoms. The second kappa shape index (κ2) is 15.5. The van der Waals surface area contributed by atoms with Gasteiger partial charge in [0, 0.05) is 23.9 Å². The van der Waals surface area contributed by atoms with Gasteiger partial charge in [0.2, 0.25) is 27.7 Å². The lowest BCUT2D eigenvalue weighted by Gasteiger charge is -2.45. The van der Waals surface area contributed by atoms with E-state index in [1.807, 2.05) is 19.9 Å². The number of carboxylic acid groups (broad SMARTS) is 1. The van der Waals surface area contributed by atoms with Crippen LogP contribution in [0.15, 0.2) is 42.6 Å². The molecule has 1 aromatic heterocycles. The van der Waals surface area contributed by atoms with Gasteiger partial charge in [-0.15, -0.1) is 0 Å². The molecule has 4 amide bonds. The number of alkyl halides is 3. The van der Waals surface area contributed by atoms with E-state index in [1.54, 1.807) is 30.3 Å². The smallest absolute Gasteiger partial charge is 0.411 e. The quantitative estimate of drug-likeness (QED) is 0.271. The molecule has 318 valence electrons. The number of halogens is 3. The monoisotopic (exact) mass is 835 g/mol. The highest BCUT2D eigenvalue weighted by Gasteiger charge is 2.64. The van der Waals surface area contributed by atoms with Crippen LogP contribution in [0.4, 0.5) is 18.0 Å². The van der Waals surface area contributed by atoms with Crippen molar-refractivity contribution in [3.63, 3.8) is 0 Å². The maximum absolute atomic E-state index is 15.0. The first-order valence-electron chi connectivity index (χ1n) is 19.7. The van der Waals surface area contributed by atoms with Crippen LogP contribution in [0.2, 0.25) is 0 Å². The summed E-state index contributed by atoms with van der Waals surface area (Å²) in [4.78, 5) is 61.9. The van der Waals surface area contributed by atoms with Gasteiger partial charge in [-0.05, 0) is 108 Å². The number of carbonyl (C=O) groups excluding carboxylic acids is 3. The molecule has 2 aromatic rings. The molecule has 7 atom stereocenters. The third-order valence-corrected chi connectivity index (χ3v) is 14.4. The SMILES string of the molecule is CCOc1ccc2c(O[C@@H]3C[C@H]4C(=O)N[C@]5(C(=O)NS(=O)(=O)C6(C)CC6)C[C@H]5/C=C\CC[C@H](C)C[C@@H](C)[C@H](N(C(=O)O)C(C)(C)C(F)(F)F)C(=O)N4C3)nccc2c1. The van der Waals surface area contributed by atoms with Crippen LogP contribution in [0.3, 0.4) is 0 Å². The van der Waals surface area contributed by atoms with E-state index in [0.717, 1.165) is 4.90 Å². The molecule has 3 fully saturated rings. The van der Waals surface area contributed by atoms with Crippen molar-refractivity contribution in [2.45, 2.75) is 127 Å². The summed E-state index contributed by atoms with van der Waals surface area (Å²) in [7, 11) is -4.12. The third kappa shape index (κ3) is 8.17. The Morgan fingerprint density at radius 3 is 2.48 bits per heavy atom. The number of nitrogens with zero attached hydrogens (tertiary/aromatic N) is 3. The first-order valence-corrected chi connectivity index (χ1v) is 21.2. The molecule has 0 unspecified atom stereocenters. The van der Waals surface area contributed by atoms with E-state index in [1.165, 1.54) is 20.0 Å². The second-order valence-corrected chi connectivity index (χ2v) is 19.2. The van der Waals surface area contributed by atoms with Crippen LogP contribution in [0.25, 0.3) is 10.8 Å². The van der Waals surface area contributed by atoms with Crippen LogP contribution in [0.1, 0.15) is 86.5 Å². The largest absolute Gasteiger partial charge is 0.494 e. The summed E-state index contributed by atoms with van der Waals surface area (Å²) in [5.74, 6) is -3.84. The first-order chi connectivity index (χ1) is 27.0. The molecule has 0 radical (unpaired) electrons. The van der Waals surface area contributed by atoms with Crippen molar-refractivity contribution >= 4 is 44.6 Å². The maximum Gasteiger partial charge on any atom is 0.411 e. The first kappa shape index (κ1) is 43.0. The normalized spacial score (nSPS) is 29.5. The van der Waals surface area contributed by atoms with Crippen molar-refractivity contribution in [2.75, 3.05) is 13.2 Å². The van der Waals surface area contributed by atoms with Gasteiger partial charge >= 0.3 is 12.3 Å². The summed E-state index contributed by atoms with van der Waals surface area (Å²) >= 11 is 0. The summed E-state index contributed by atoms with van der Waals surface area (Å²) in [6.07, 6.45) is -1.28. The van der Waals surface area contributed by atoms with Crippen LogP contribution in [-0.4, -0.2) is 105 Å². The fourth-order valence-electron chi connectivity index (χ4n) is 8.22. The van der Waals surface area contributed by atoms with E-state index in [0.29, 0.717) is 62.7 Å². The van der Waals surface area contributed by atoms with Crippen molar-refractivity contribution in [1.29, 1.82) is 0 Å². The third-order valence-electron chi connectivity index (χ3n) is 12.3. The van der Waals surface area contributed by atoms with Gasteiger partial charge in [0.15, 0.2) is 0 Å². The predicted octanol–water partition coefficient (Wildman–Crippen LogP) is 5.56. The van der Waals surface area contributed by atoms with Crippen LogP contribution in [0, 0.1) is 17.8 Å². The number of nitrogens with one attached hydrogen (secondary N) is 2. The zero-order chi connectivity index (χ0) is 42.6. The number of aromatic nitrogens is 1. The number of amides is 4. The Morgan fingerprint density at radius 1 is 1.14 bits per heavy atom. The maximum atomic E-state index is 15.0. The summed E-state index contributed by atoms with van der Waals surface area (Å²) < 4.78 is 83.5. The van der Waals surface area contributed by atoms with Crippen molar-refractivity contribution < 1.29 is 55.3 Å². The molecule has 0 spiro atoms. The van der Waals surface area contributed by atoms with Gasteiger partial charge in [0.25, 0.3) is 5.91 Å². The molecule has 6 rings (SSSR count). The molecule has 58 heavy (non-hydrogen) atoms. The number of sulfonamides is 1. The fraction of sp³-hybridized carbons (Fsp3) is 0.625. The molecule has 3 heterocycles. The Bertz CT molecular complexity index is 2090. The minimum absolute atomic E-state index is 0.0549. The lowest BCUT2D eigenvalue weighted by Crippen LogP contribution is -2.66. The van der Waals surface area contributed by atoms with Gasteiger partial charge in [-0.1, -0.05) is 26.0 Å². The lowest BCUT2D eigenvalue weighted by molar-refractivity contribution is -0.222. The van der Waals surface area contributed by atoms with E-state index >= 15 is 0 Å². The second-order valence-electron chi connectivity index (χ2n) is 17.0. The number of carbonyl (C=O) groups is 4. The summed E-state index contributed by atoms with van der Waals surface area (Å²) in [6.45, 7) is 8.21. The summed E-state index contributed by atoms with van der Waals surface area (Å²) in [5.41, 5.74) is -4.74. The Balaban J connectivity index is 1.41. The number of fused-ring (bicyclic) bond motifs is 3. The Kier molecular flexibility index (Phi) is 11.5. The van der Waals surface area contributed by atoms with Crippen LogP contribution < -0.4 is 19.5 Å². The highest BCUT2D eigenvalue weighted by Crippen LogP contribution is 2.48. The van der Waals surface area contributed by atoms with Crippen molar-refractivity contribution in [3.8, 4) is 11.6 Å². The Morgan fingerprint density at radius 2 is 1.84 bits per heavy atom. The molecular formula is C40H52F3N5O9S. The number of ether oxygens (including phenoxy) is 2. The molecule has 0 bridgehead atoms. The molecule has 2 aliphatic carbocycles. The van der Waals surface area contributed by atoms with Gasteiger partial charge in [0.05, 0.1) is 17.9 Å². The summed E-state index contributed by atoms with van der Waals surface area (Å²) in [6, 6.07) is 3.62. The Labute approximate surface area is 335 Å². The van der Waals surface area contributed by atoms with Crippen molar-refractivity contribution in [1.82, 2.24) is 24.8 Å². The number of pyridine rings is 1. The number of hydrogen-bond acceptors (Lipinski definition) is 9. The standard InChI is InChI=1S/C40H52F3N5O9S/c1-7-56-27-12-13-29-25(19-27)14-17-44-33(29)57-28-20-30-32(49)45-39(35(51)46-58(54,55)38(6)15-16-38)21-26(39)11-9-8-10-23(2)18-24(3)31(34(50)47(30)22-28)48(36(52)53)37(4,5)40(41,42)43/h9,11-14,17,19,23-24,26,28,30-31H,7-8,10,15-16,18,20-22H2,1-6H3,(H,45,49)(H,46,51)(H,52,53)/b11-9-/t23-,24+,26+,28+,30-,31-,39+/m0/s1. The lowest BCUT2D eigenvalue weighted by atomic mass is 9.85. The van der Waals surface area contributed by atoms with E-state index in [2.05, 4.69) is 15.0 Å². The zero-order valence-corrected chi connectivity index (χ0v) is 34.3. The van der Waals surface area contributed by atoms with Crippen LogP contribution >= 0.6 is 0 Å². The van der Waals surface area contributed by atoms with Gasteiger partial charge in [-0.2, -0.15) is 13.2 Å². The van der Waals surface area contributed by atoms with Gasteiger partial charge in [-0.3, -0.25) is 24.0 Å². The van der Waals surface area contributed by atoms with E-state index in [-0.39, 0.29) is 42.5 Å². The van der Waals surface area contributed by atoms with E-state index < -0.39 is 85.9 Å². The molecular weight excluding hydrogens is 784 g/mol. The highest BCUT2D eigenvalue weighted by molar-refractivity contribution is 7.91. The van der Waals surface area contributed by atoms with Gasteiger partial charge in [-0.25, -0.2) is 18.2 Å². The van der Waals surface area contributed by atoms with E-state index in [4.69, 9.17) is 9.47 Å².